The van der Waals surface area contributed by atoms with E-state index in [0.29, 0.717) is 12.3 Å². The van der Waals surface area contributed by atoms with E-state index in [0.717, 1.165) is 52.1 Å². The van der Waals surface area contributed by atoms with E-state index in [1.54, 1.807) is 0 Å². The first-order valence-corrected chi connectivity index (χ1v) is 10.2. The quantitative estimate of drug-likeness (QED) is 0.627. The summed E-state index contributed by atoms with van der Waals surface area (Å²) in [7, 11) is 0. The number of nitrogens with one attached hydrogen (secondary N) is 1. The highest BCUT2D eigenvalue weighted by Gasteiger charge is 2.51. The number of amides is 1. The summed E-state index contributed by atoms with van der Waals surface area (Å²) in [6.45, 7) is 2.81. The van der Waals surface area contributed by atoms with Crippen LogP contribution in [0.5, 0.6) is 11.5 Å². The molecule has 1 saturated carbocycles. The molecule has 2 aliphatic rings. The molecule has 1 fully saturated rings. The van der Waals surface area contributed by atoms with Gasteiger partial charge in [-0.25, -0.2) is 0 Å². The Kier molecular flexibility index (Phi) is 4.48. The van der Waals surface area contributed by atoms with E-state index in [4.69, 9.17) is 15.2 Å². The fourth-order valence-electron chi connectivity index (χ4n) is 4.15. The number of benzene rings is 3. The van der Waals surface area contributed by atoms with Crippen molar-refractivity contribution < 1.29 is 17.1 Å². The molecule has 0 atom stereocenters. The van der Waals surface area contributed by atoms with Crippen molar-refractivity contribution in [2.75, 3.05) is 12.1 Å². The molecule has 1 aliphatic carbocycles. The van der Waals surface area contributed by atoms with Gasteiger partial charge in [-0.05, 0) is 77.9 Å². The van der Waals surface area contributed by atoms with Crippen molar-refractivity contribution in [3.8, 4) is 22.6 Å². The normalized spacial score (nSPS) is 15.7. The molecule has 5 rings (SSSR count). The second-order valence-electron chi connectivity index (χ2n) is 8.04. The number of fused-ring (bicyclic) bond motifs is 1. The molecule has 3 N–H and O–H groups in total. The van der Waals surface area contributed by atoms with Crippen LogP contribution in [0.3, 0.4) is 0 Å². The van der Waals surface area contributed by atoms with Crippen molar-refractivity contribution in [3.05, 3.63) is 77.4 Å². The lowest BCUT2D eigenvalue weighted by molar-refractivity contribution is -0.118. The maximum absolute atomic E-state index is 13.1. The number of nitrogens with two attached hydrogens (primary N) is 1. The van der Waals surface area contributed by atoms with Gasteiger partial charge in [-0.15, -0.1) is 0 Å². The van der Waals surface area contributed by atoms with Crippen LogP contribution in [0.15, 0.2) is 60.7 Å². The highest BCUT2D eigenvalue weighted by molar-refractivity contribution is 6.01. The third-order valence-corrected chi connectivity index (χ3v) is 6.07. The first-order valence-electron chi connectivity index (χ1n) is 10.2. The summed E-state index contributed by atoms with van der Waals surface area (Å²) >= 11 is 0. The second kappa shape index (κ2) is 7.18. The van der Waals surface area contributed by atoms with Gasteiger partial charge in [-0.2, -0.15) is 0 Å². The van der Waals surface area contributed by atoms with E-state index >= 15 is 0 Å². The van der Waals surface area contributed by atoms with Gasteiger partial charge in [0, 0.05) is 15.1 Å². The zero-order valence-electron chi connectivity index (χ0n) is 16.9. The van der Waals surface area contributed by atoms with Gasteiger partial charge in [0.2, 0.25) is 12.7 Å². The predicted molar refractivity (Wildman–Crippen MR) is 121 cm³/mol. The number of ether oxygens (including phenoxy) is 2. The minimum atomic E-state index is -0.483. The average molecular weight is 405 g/mol. The molecule has 0 radical (unpaired) electrons. The maximum atomic E-state index is 13.1. The summed E-state index contributed by atoms with van der Waals surface area (Å²) in [5.41, 5.74) is 11.6. The Morgan fingerprint density at radius 3 is 2.67 bits per heavy atom. The third-order valence-electron chi connectivity index (χ3n) is 6.07. The monoisotopic (exact) mass is 404 g/mol. The summed E-state index contributed by atoms with van der Waals surface area (Å²) in [6.07, 6.45) is 1.67. The SMILES string of the molecule is Cc1cc(NC(=O)C2(c3ccc4c(c3)OCO4)CC2)ccc1-c1cccc(CN)c1.[HH].[HH]. The molecule has 1 heterocycles. The lowest BCUT2D eigenvalue weighted by atomic mass is 9.94. The van der Waals surface area contributed by atoms with Crippen LogP contribution in [0, 0.1) is 6.92 Å². The van der Waals surface area contributed by atoms with E-state index in [1.165, 1.54) is 0 Å². The number of anilines is 1. The van der Waals surface area contributed by atoms with Crippen LogP contribution in [0.2, 0.25) is 0 Å². The van der Waals surface area contributed by atoms with E-state index in [-0.39, 0.29) is 15.6 Å². The summed E-state index contributed by atoms with van der Waals surface area (Å²) in [5, 5.41) is 3.12. The van der Waals surface area contributed by atoms with Gasteiger partial charge in [-0.3, -0.25) is 4.79 Å². The van der Waals surface area contributed by atoms with Crippen molar-refractivity contribution >= 4 is 11.6 Å². The molecule has 0 saturated heterocycles. The lowest BCUT2D eigenvalue weighted by Crippen LogP contribution is -2.27. The van der Waals surface area contributed by atoms with Crippen molar-refractivity contribution in [2.24, 2.45) is 5.73 Å². The Bertz CT molecular complexity index is 1150. The van der Waals surface area contributed by atoms with E-state index in [9.17, 15) is 4.79 Å². The molecule has 5 heteroatoms. The third kappa shape index (κ3) is 3.21. The highest BCUT2D eigenvalue weighted by Crippen LogP contribution is 2.51. The molecule has 30 heavy (non-hydrogen) atoms. The maximum Gasteiger partial charge on any atom is 0.235 e. The summed E-state index contributed by atoms with van der Waals surface area (Å²) in [6, 6.07) is 20.1. The molecular weight excluding hydrogens is 376 g/mol. The van der Waals surface area contributed by atoms with Crippen LogP contribution < -0.4 is 20.5 Å². The predicted octanol–water partition coefficient (Wildman–Crippen LogP) is 5.01. The van der Waals surface area contributed by atoms with Gasteiger partial charge in [0.05, 0.1) is 5.41 Å². The topological polar surface area (TPSA) is 73.6 Å². The number of carbonyl (C=O) groups excluding carboxylic acids is 1. The Labute approximate surface area is 178 Å². The highest BCUT2D eigenvalue weighted by atomic mass is 16.7. The van der Waals surface area contributed by atoms with Crippen LogP contribution in [0.1, 0.15) is 32.4 Å². The van der Waals surface area contributed by atoms with Gasteiger partial charge in [0.1, 0.15) is 0 Å². The lowest BCUT2D eigenvalue weighted by Gasteiger charge is -2.17. The smallest absolute Gasteiger partial charge is 0.235 e. The van der Waals surface area contributed by atoms with Crippen LogP contribution >= 0.6 is 0 Å². The largest absolute Gasteiger partial charge is 0.454 e. The zero-order chi connectivity index (χ0) is 20.7. The van der Waals surface area contributed by atoms with Crippen molar-refractivity contribution in [1.29, 1.82) is 0 Å². The number of rotatable bonds is 5. The first kappa shape index (κ1) is 18.7. The van der Waals surface area contributed by atoms with Crippen LogP contribution in [-0.2, 0) is 16.8 Å². The minimum Gasteiger partial charge on any atom is -0.454 e. The van der Waals surface area contributed by atoms with Gasteiger partial charge in [0.15, 0.2) is 11.5 Å². The summed E-state index contributed by atoms with van der Waals surface area (Å²) in [5.74, 6) is 1.48. The fourth-order valence-corrected chi connectivity index (χ4v) is 4.15. The van der Waals surface area contributed by atoms with Crippen LogP contribution in [0.25, 0.3) is 11.1 Å². The molecule has 0 aromatic heterocycles. The van der Waals surface area contributed by atoms with E-state index in [1.807, 2.05) is 42.5 Å². The van der Waals surface area contributed by atoms with Crippen molar-refractivity contribution in [1.82, 2.24) is 0 Å². The second-order valence-corrected chi connectivity index (χ2v) is 8.04. The molecule has 0 unspecified atom stereocenters. The van der Waals surface area contributed by atoms with Gasteiger partial charge >= 0.3 is 0 Å². The number of hydrogen-bond acceptors (Lipinski definition) is 4. The van der Waals surface area contributed by atoms with E-state index in [2.05, 4.69) is 30.4 Å². The molecular formula is C25H28N2O3. The molecule has 156 valence electrons. The molecule has 5 nitrogen and oxygen atoms in total. The van der Waals surface area contributed by atoms with Gasteiger partial charge in [0.25, 0.3) is 0 Å². The molecule has 1 amide bonds. The van der Waals surface area contributed by atoms with Gasteiger partial charge < -0.3 is 20.5 Å². The Balaban J connectivity index is 0.00000144. The first-order chi connectivity index (χ1) is 14.6. The zero-order valence-corrected chi connectivity index (χ0v) is 16.9. The molecule has 3 aromatic rings. The Morgan fingerprint density at radius 1 is 1.07 bits per heavy atom. The van der Waals surface area contributed by atoms with Crippen molar-refractivity contribution in [2.45, 2.75) is 31.7 Å². The molecule has 1 aliphatic heterocycles. The fraction of sp³-hybridized carbons (Fsp3) is 0.240. The van der Waals surface area contributed by atoms with Crippen LogP contribution in [0.4, 0.5) is 5.69 Å². The van der Waals surface area contributed by atoms with E-state index < -0.39 is 5.41 Å². The molecule has 0 spiro atoms. The van der Waals surface area contributed by atoms with Crippen molar-refractivity contribution in [3.63, 3.8) is 0 Å². The summed E-state index contributed by atoms with van der Waals surface area (Å²) in [4.78, 5) is 13.1. The van der Waals surface area contributed by atoms with Gasteiger partial charge in [-0.1, -0.05) is 30.3 Å². The average Bonchev–Trinajstić information content (AvgIpc) is 3.45. The Morgan fingerprint density at radius 2 is 1.90 bits per heavy atom. The van der Waals surface area contributed by atoms with Crippen LogP contribution in [-0.4, -0.2) is 12.7 Å². The number of aryl methyl sites for hydroxylation is 1. The summed E-state index contributed by atoms with van der Waals surface area (Å²) < 4.78 is 10.9. The Hall–Kier alpha value is -3.31. The molecule has 0 bridgehead atoms. The number of hydrogen-bond donors (Lipinski definition) is 2. The standard InChI is InChI=1S/C25H24N2O3.2H2/c1-16-11-20(6-7-21(16)18-4-2-3-17(12-18)14-26)27-24(28)25(9-10-25)19-5-8-22-23(13-19)30-15-29-22;;/h2-8,11-13H,9-10,14-15,26H2,1H3,(H,27,28);2*1H. The minimum absolute atomic E-state index is 0. The number of carbonyl (C=O) groups is 1. The molecule has 3 aromatic carbocycles.